The Labute approximate surface area is 115 Å². The Morgan fingerprint density at radius 2 is 2.22 bits per heavy atom. The topological polar surface area (TPSA) is 43.0 Å². The molecular weight excluding hydrogens is 294 g/mol. The van der Waals surface area contributed by atoms with Crippen LogP contribution in [0.1, 0.15) is 29.6 Å². The molecule has 18 heavy (non-hydrogen) atoms. The van der Waals surface area contributed by atoms with Gasteiger partial charge in [-0.25, -0.2) is 0 Å². The van der Waals surface area contributed by atoms with Crippen LogP contribution in [0.15, 0.2) is 21.2 Å². The summed E-state index contributed by atoms with van der Waals surface area (Å²) in [5.74, 6) is 0.931. The van der Waals surface area contributed by atoms with Crippen molar-refractivity contribution in [3.63, 3.8) is 0 Å². The van der Waals surface area contributed by atoms with Gasteiger partial charge in [0.1, 0.15) is 5.76 Å². The maximum absolute atomic E-state index is 5.55. The Morgan fingerprint density at radius 1 is 1.44 bits per heavy atom. The van der Waals surface area contributed by atoms with Gasteiger partial charge < -0.3 is 9.73 Å². The van der Waals surface area contributed by atoms with Gasteiger partial charge in [-0.3, -0.25) is 4.68 Å². The van der Waals surface area contributed by atoms with Crippen LogP contribution >= 0.6 is 15.9 Å². The molecule has 4 nitrogen and oxygen atoms in total. The van der Waals surface area contributed by atoms with Gasteiger partial charge in [-0.2, -0.15) is 5.10 Å². The molecule has 0 fully saturated rings. The van der Waals surface area contributed by atoms with Crippen molar-refractivity contribution < 1.29 is 4.42 Å². The summed E-state index contributed by atoms with van der Waals surface area (Å²) in [4.78, 5) is 0. The molecule has 2 heterocycles. The lowest BCUT2D eigenvalue weighted by molar-refractivity contribution is 0.474. The molecule has 2 aromatic heterocycles. The maximum Gasteiger partial charge on any atom is 0.125 e. The van der Waals surface area contributed by atoms with Crippen molar-refractivity contribution >= 4 is 15.9 Å². The van der Waals surface area contributed by atoms with Gasteiger partial charge in [0.2, 0.25) is 0 Å². The van der Waals surface area contributed by atoms with Gasteiger partial charge in [-0.15, -0.1) is 0 Å². The lowest BCUT2D eigenvalue weighted by Gasteiger charge is -2.01. The fraction of sp³-hybridized carbons (Fsp3) is 0.462. The Morgan fingerprint density at radius 3 is 2.83 bits per heavy atom. The van der Waals surface area contributed by atoms with E-state index >= 15 is 0 Å². The second kappa shape index (κ2) is 5.71. The Balaban J connectivity index is 2.09. The van der Waals surface area contributed by atoms with Gasteiger partial charge in [0.05, 0.1) is 28.7 Å². The third kappa shape index (κ3) is 2.84. The molecule has 0 amide bonds. The van der Waals surface area contributed by atoms with E-state index in [1.54, 1.807) is 6.26 Å². The molecule has 1 N–H and O–H groups in total. The fourth-order valence-electron chi connectivity index (χ4n) is 1.85. The molecule has 0 aliphatic rings. The minimum absolute atomic E-state index is 0.671. The van der Waals surface area contributed by atoms with Crippen LogP contribution in [-0.4, -0.2) is 16.3 Å². The summed E-state index contributed by atoms with van der Waals surface area (Å²) in [6.07, 6.45) is 1.80. The predicted molar refractivity (Wildman–Crippen MR) is 74.6 cm³/mol. The first kappa shape index (κ1) is 13.4. The fourth-order valence-corrected chi connectivity index (χ4v) is 2.13. The van der Waals surface area contributed by atoms with Gasteiger partial charge in [0.25, 0.3) is 0 Å². The van der Waals surface area contributed by atoms with Crippen LogP contribution in [0.3, 0.4) is 0 Å². The molecule has 0 saturated heterocycles. The normalized spacial score (nSPS) is 11.1. The number of aromatic nitrogens is 2. The largest absolute Gasteiger partial charge is 0.467 e. The highest BCUT2D eigenvalue weighted by molar-refractivity contribution is 9.10. The van der Waals surface area contributed by atoms with E-state index in [0.29, 0.717) is 6.54 Å². The molecule has 0 unspecified atom stereocenters. The second-order valence-electron chi connectivity index (χ2n) is 4.34. The highest BCUT2D eigenvalue weighted by Gasteiger charge is 2.10. The summed E-state index contributed by atoms with van der Waals surface area (Å²) in [6, 6.07) is 2.08. The smallest absolute Gasteiger partial charge is 0.125 e. The van der Waals surface area contributed by atoms with Crippen LogP contribution in [0.2, 0.25) is 0 Å². The molecular formula is C13H18BrN3O. The summed E-state index contributed by atoms with van der Waals surface area (Å²) in [5, 5.41) is 7.75. The molecule has 0 aliphatic carbocycles. The van der Waals surface area contributed by atoms with Crippen molar-refractivity contribution in [2.24, 2.45) is 0 Å². The van der Waals surface area contributed by atoms with E-state index in [2.05, 4.69) is 39.3 Å². The van der Waals surface area contributed by atoms with Crippen LogP contribution in [0.5, 0.6) is 0 Å². The molecule has 0 radical (unpaired) electrons. The zero-order valence-corrected chi connectivity index (χ0v) is 12.5. The van der Waals surface area contributed by atoms with Crippen LogP contribution in [-0.2, 0) is 13.1 Å². The van der Waals surface area contributed by atoms with E-state index in [1.165, 1.54) is 5.56 Å². The molecule has 5 heteroatoms. The van der Waals surface area contributed by atoms with Crippen LogP contribution in [0.25, 0.3) is 0 Å². The molecule has 0 bridgehead atoms. The van der Waals surface area contributed by atoms with E-state index in [1.807, 2.05) is 18.5 Å². The van der Waals surface area contributed by atoms with E-state index in [0.717, 1.165) is 34.7 Å². The number of aryl methyl sites for hydroxylation is 1. The van der Waals surface area contributed by atoms with E-state index in [4.69, 9.17) is 4.42 Å². The van der Waals surface area contributed by atoms with Crippen molar-refractivity contribution in [3.8, 4) is 0 Å². The van der Waals surface area contributed by atoms with E-state index < -0.39 is 0 Å². The van der Waals surface area contributed by atoms with E-state index in [-0.39, 0.29) is 0 Å². The van der Waals surface area contributed by atoms with Gasteiger partial charge >= 0.3 is 0 Å². The number of rotatable bonds is 5. The molecule has 0 aliphatic heterocycles. The molecule has 2 rings (SSSR count). The van der Waals surface area contributed by atoms with Gasteiger partial charge in [-0.05, 0) is 42.4 Å². The number of furan rings is 1. The number of nitrogens with zero attached hydrogens (tertiary/aromatic N) is 2. The molecule has 0 aromatic carbocycles. The first-order chi connectivity index (χ1) is 8.61. The van der Waals surface area contributed by atoms with Crippen molar-refractivity contribution in [2.45, 2.75) is 33.9 Å². The Kier molecular flexibility index (Phi) is 4.24. The number of hydrogen-bond acceptors (Lipinski definition) is 3. The average molecular weight is 312 g/mol. The molecule has 0 atom stereocenters. The minimum atomic E-state index is 0.671. The third-order valence-electron chi connectivity index (χ3n) is 2.89. The van der Waals surface area contributed by atoms with Crippen LogP contribution in [0, 0.1) is 13.8 Å². The van der Waals surface area contributed by atoms with Gasteiger partial charge in [0, 0.05) is 12.1 Å². The average Bonchev–Trinajstić information content (AvgIpc) is 2.89. The summed E-state index contributed by atoms with van der Waals surface area (Å²) in [7, 11) is 0. The Hall–Kier alpha value is -1.07. The number of hydrogen-bond donors (Lipinski definition) is 1. The SMILES string of the molecule is CCNCc1coc(Cn2nc(C)c(Br)c2C)c1. The van der Waals surface area contributed by atoms with Crippen molar-refractivity contribution in [1.29, 1.82) is 0 Å². The van der Waals surface area contributed by atoms with Crippen molar-refractivity contribution in [1.82, 2.24) is 15.1 Å². The zero-order chi connectivity index (χ0) is 13.1. The lowest BCUT2D eigenvalue weighted by Crippen LogP contribution is -2.10. The first-order valence-corrected chi connectivity index (χ1v) is 6.87. The minimum Gasteiger partial charge on any atom is -0.467 e. The molecule has 98 valence electrons. The summed E-state index contributed by atoms with van der Waals surface area (Å²) in [5.41, 5.74) is 3.30. The Bertz CT molecular complexity index is 530. The number of nitrogens with one attached hydrogen (secondary N) is 1. The van der Waals surface area contributed by atoms with E-state index in [9.17, 15) is 0 Å². The molecule has 0 spiro atoms. The molecule has 0 saturated carbocycles. The van der Waals surface area contributed by atoms with Crippen molar-refractivity contribution in [3.05, 3.63) is 39.5 Å². The van der Waals surface area contributed by atoms with Gasteiger partial charge in [0.15, 0.2) is 0 Å². The highest BCUT2D eigenvalue weighted by atomic mass is 79.9. The quantitative estimate of drug-likeness (QED) is 0.923. The standard InChI is InChI=1S/C13H18BrN3O/c1-4-15-6-11-5-12(18-8-11)7-17-10(3)13(14)9(2)16-17/h5,8,15H,4,6-7H2,1-3H3. The third-order valence-corrected chi connectivity index (χ3v) is 4.03. The number of halogens is 1. The monoisotopic (exact) mass is 311 g/mol. The van der Waals surface area contributed by atoms with Crippen molar-refractivity contribution in [2.75, 3.05) is 6.54 Å². The maximum atomic E-state index is 5.55. The zero-order valence-electron chi connectivity index (χ0n) is 11.0. The van der Waals surface area contributed by atoms with Gasteiger partial charge in [-0.1, -0.05) is 6.92 Å². The van der Waals surface area contributed by atoms with Crippen LogP contribution < -0.4 is 5.32 Å². The predicted octanol–water partition coefficient (Wildman–Crippen LogP) is 3.01. The summed E-state index contributed by atoms with van der Waals surface area (Å²) in [6.45, 7) is 8.61. The van der Waals surface area contributed by atoms with Crippen LogP contribution in [0.4, 0.5) is 0 Å². The summed E-state index contributed by atoms with van der Waals surface area (Å²) >= 11 is 3.53. The second-order valence-corrected chi connectivity index (χ2v) is 5.14. The molecule has 2 aromatic rings. The first-order valence-electron chi connectivity index (χ1n) is 6.08. The highest BCUT2D eigenvalue weighted by Crippen LogP contribution is 2.21. The lowest BCUT2D eigenvalue weighted by atomic mass is 10.3. The summed E-state index contributed by atoms with van der Waals surface area (Å²) < 4.78 is 8.58.